The summed E-state index contributed by atoms with van der Waals surface area (Å²) in [4.78, 5) is 16.8. The van der Waals surface area contributed by atoms with Gasteiger partial charge in [0.05, 0.1) is 24.7 Å². The minimum Gasteiger partial charge on any atom is -0.468 e. The maximum Gasteiger partial charge on any atom is 0.327 e. The number of aromatic nitrogens is 2. The highest BCUT2D eigenvalue weighted by atomic mass is 16.5. The van der Waals surface area contributed by atoms with Gasteiger partial charge in [-0.3, -0.25) is 5.32 Å². The molecule has 5 nitrogen and oxygen atoms in total. The number of benzene rings is 1. The summed E-state index contributed by atoms with van der Waals surface area (Å²) in [5.74, 6) is 0.616. The molecule has 21 heavy (non-hydrogen) atoms. The van der Waals surface area contributed by atoms with E-state index in [4.69, 9.17) is 4.74 Å². The molecule has 1 aromatic heterocycles. The normalized spacial score (nSPS) is 14.4. The van der Waals surface area contributed by atoms with E-state index in [1.807, 2.05) is 52.0 Å². The highest BCUT2D eigenvalue weighted by Crippen LogP contribution is 2.20. The SMILES string of the molecule is COC(=O)C(C)(Cn1c(C)nc2ccccc21)NC(C)C. The van der Waals surface area contributed by atoms with Gasteiger partial charge in [-0.2, -0.15) is 0 Å². The first-order valence-corrected chi connectivity index (χ1v) is 7.15. The molecule has 1 aromatic carbocycles. The fourth-order valence-electron chi connectivity index (χ4n) is 2.74. The minimum absolute atomic E-state index is 0.171. The Bertz CT molecular complexity index is 648. The van der Waals surface area contributed by atoms with E-state index in [1.165, 1.54) is 7.11 Å². The van der Waals surface area contributed by atoms with Gasteiger partial charge in [-0.15, -0.1) is 0 Å². The quantitative estimate of drug-likeness (QED) is 0.858. The first kappa shape index (κ1) is 15.5. The molecule has 1 heterocycles. The van der Waals surface area contributed by atoms with E-state index in [0.29, 0.717) is 6.54 Å². The number of fused-ring (bicyclic) bond motifs is 1. The van der Waals surface area contributed by atoms with Gasteiger partial charge in [0.1, 0.15) is 11.4 Å². The highest BCUT2D eigenvalue weighted by Gasteiger charge is 2.36. The second-order valence-electron chi connectivity index (χ2n) is 5.86. The van der Waals surface area contributed by atoms with Gasteiger partial charge in [-0.25, -0.2) is 9.78 Å². The van der Waals surface area contributed by atoms with Gasteiger partial charge in [0.25, 0.3) is 0 Å². The van der Waals surface area contributed by atoms with Crippen LogP contribution in [0.2, 0.25) is 0 Å². The van der Waals surface area contributed by atoms with Crippen molar-refractivity contribution in [1.82, 2.24) is 14.9 Å². The zero-order valence-corrected chi connectivity index (χ0v) is 13.3. The fraction of sp³-hybridized carbons (Fsp3) is 0.500. The van der Waals surface area contributed by atoms with Crippen LogP contribution in [0.3, 0.4) is 0 Å². The van der Waals surface area contributed by atoms with E-state index in [0.717, 1.165) is 16.9 Å². The lowest BCUT2D eigenvalue weighted by Crippen LogP contribution is -2.55. The Morgan fingerprint density at radius 3 is 2.71 bits per heavy atom. The van der Waals surface area contributed by atoms with Crippen LogP contribution < -0.4 is 5.32 Å². The third-order valence-electron chi connectivity index (χ3n) is 3.56. The number of imidazole rings is 1. The van der Waals surface area contributed by atoms with E-state index < -0.39 is 5.54 Å². The van der Waals surface area contributed by atoms with Crippen molar-refractivity contribution < 1.29 is 9.53 Å². The Kier molecular flexibility index (Phi) is 4.32. The molecule has 0 fully saturated rings. The minimum atomic E-state index is -0.794. The van der Waals surface area contributed by atoms with Crippen molar-refractivity contribution in [2.45, 2.75) is 45.8 Å². The third-order valence-corrected chi connectivity index (χ3v) is 3.56. The zero-order valence-electron chi connectivity index (χ0n) is 13.3. The van der Waals surface area contributed by atoms with Crippen molar-refractivity contribution in [2.75, 3.05) is 7.11 Å². The molecule has 0 aliphatic heterocycles. The number of para-hydroxylation sites is 2. The second kappa shape index (κ2) is 5.85. The van der Waals surface area contributed by atoms with Crippen LogP contribution >= 0.6 is 0 Å². The van der Waals surface area contributed by atoms with Crippen LogP contribution in [0.1, 0.15) is 26.6 Å². The third kappa shape index (κ3) is 3.08. The molecule has 1 unspecified atom stereocenters. The zero-order chi connectivity index (χ0) is 15.6. The van der Waals surface area contributed by atoms with Gasteiger partial charge in [0.2, 0.25) is 0 Å². The Balaban J connectivity index is 2.43. The van der Waals surface area contributed by atoms with Crippen LogP contribution in [-0.4, -0.2) is 34.2 Å². The first-order valence-electron chi connectivity index (χ1n) is 7.15. The fourth-order valence-corrected chi connectivity index (χ4v) is 2.74. The van der Waals surface area contributed by atoms with E-state index in [2.05, 4.69) is 14.9 Å². The Labute approximate surface area is 125 Å². The van der Waals surface area contributed by atoms with Gasteiger partial charge in [0, 0.05) is 6.04 Å². The molecular formula is C16H23N3O2. The van der Waals surface area contributed by atoms with Crippen molar-refractivity contribution in [1.29, 1.82) is 0 Å². The summed E-state index contributed by atoms with van der Waals surface area (Å²) in [7, 11) is 1.42. The topological polar surface area (TPSA) is 56.2 Å². The van der Waals surface area contributed by atoms with Gasteiger partial charge in [-0.05, 0) is 39.8 Å². The lowest BCUT2D eigenvalue weighted by Gasteiger charge is -2.31. The lowest BCUT2D eigenvalue weighted by atomic mass is 10.0. The number of rotatable bonds is 5. The molecule has 0 bridgehead atoms. The van der Waals surface area contributed by atoms with Crippen molar-refractivity contribution in [3.05, 3.63) is 30.1 Å². The predicted octanol–water partition coefficient (Wildman–Crippen LogP) is 2.27. The Morgan fingerprint density at radius 1 is 1.43 bits per heavy atom. The van der Waals surface area contributed by atoms with Crippen molar-refractivity contribution >= 4 is 17.0 Å². The monoisotopic (exact) mass is 289 g/mol. The number of carbonyl (C=O) groups excluding carboxylic acids is 1. The molecule has 2 aromatic rings. The molecule has 0 aliphatic carbocycles. The van der Waals surface area contributed by atoms with Gasteiger partial charge < -0.3 is 9.30 Å². The molecule has 1 atom stereocenters. The second-order valence-corrected chi connectivity index (χ2v) is 5.86. The maximum atomic E-state index is 12.2. The summed E-state index contributed by atoms with van der Waals surface area (Å²) in [6, 6.07) is 8.10. The van der Waals surface area contributed by atoms with Gasteiger partial charge in [0.15, 0.2) is 0 Å². The molecule has 0 amide bonds. The average Bonchev–Trinajstić information content (AvgIpc) is 2.73. The summed E-state index contributed by atoms with van der Waals surface area (Å²) in [6.07, 6.45) is 0. The summed E-state index contributed by atoms with van der Waals surface area (Å²) >= 11 is 0. The van der Waals surface area contributed by atoms with Crippen LogP contribution in [0.4, 0.5) is 0 Å². The van der Waals surface area contributed by atoms with E-state index in [9.17, 15) is 4.79 Å². The van der Waals surface area contributed by atoms with Gasteiger partial charge in [-0.1, -0.05) is 12.1 Å². The Hall–Kier alpha value is -1.88. The number of carbonyl (C=O) groups is 1. The summed E-state index contributed by atoms with van der Waals surface area (Å²) in [6.45, 7) is 8.32. The van der Waals surface area contributed by atoms with Gasteiger partial charge >= 0.3 is 5.97 Å². The molecule has 0 radical (unpaired) electrons. The van der Waals surface area contributed by atoms with Crippen LogP contribution in [0.5, 0.6) is 0 Å². The Morgan fingerprint density at radius 2 is 2.10 bits per heavy atom. The molecular weight excluding hydrogens is 266 g/mol. The summed E-state index contributed by atoms with van der Waals surface area (Å²) in [5.41, 5.74) is 1.17. The molecule has 5 heteroatoms. The van der Waals surface area contributed by atoms with Crippen molar-refractivity contribution in [2.24, 2.45) is 0 Å². The number of nitrogens with one attached hydrogen (secondary N) is 1. The number of hydrogen-bond acceptors (Lipinski definition) is 4. The van der Waals surface area contributed by atoms with Crippen LogP contribution in [0.25, 0.3) is 11.0 Å². The molecule has 1 N–H and O–H groups in total. The number of methoxy groups -OCH3 is 1. The molecule has 0 aliphatic rings. The number of nitrogens with zero attached hydrogens (tertiary/aromatic N) is 2. The smallest absolute Gasteiger partial charge is 0.327 e. The van der Waals surface area contributed by atoms with E-state index in [-0.39, 0.29) is 12.0 Å². The van der Waals surface area contributed by atoms with E-state index in [1.54, 1.807) is 0 Å². The van der Waals surface area contributed by atoms with E-state index >= 15 is 0 Å². The summed E-state index contributed by atoms with van der Waals surface area (Å²) < 4.78 is 7.04. The lowest BCUT2D eigenvalue weighted by molar-refractivity contribution is -0.148. The van der Waals surface area contributed by atoms with Crippen LogP contribution in [-0.2, 0) is 16.1 Å². The highest BCUT2D eigenvalue weighted by molar-refractivity contribution is 5.81. The number of ether oxygens (including phenoxy) is 1. The van der Waals surface area contributed by atoms with Crippen LogP contribution in [0, 0.1) is 6.92 Å². The molecule has 2 rings (SSSR count). The molecule has 114 valence electrons. The number of aryl methyl sites for hydroxylation is 1. The molecule has 0 spiro atoms. The number of esters is 1. The predicted molar refractivity (Wildman–Crippen MR) is 83.2 cm³/mol. The van der Waals surface area contributed by atoms with Crippen molar-refractivity contribution in [3.8, 4) is 0 Å². The maximum absolute atomic E-state index is 12.2. The first-order chi connectivity index (χ1) is 9.87. The average molecular weight is 289 g/mol. The van der Waals surface area contributed by atoms with Crippen molar-refractivity contribution in [3.63, 3.8) is 0 Å². The summed E-state index contributed by atoms with van der Waals surface area (Å²) in [5, 5.41) is 3.31. The molecule has 0 saturated heterocycles. The van der Waals surface area contributed by atoms with Crippen LogP contribution in [0.15, 0.2) is 24.3 Å². The largest absolute Gasteiger partial charge is 0.468 e. The number of hydrogen-bond donors (Lipinski definition) is 1. The standard InChI is InChI=1S/C16H23N3O2/c1-11(2)18-16(4,15(20)21-5)10-19-12(3)17-13-8-6-7-9-14(13)19/h6-9,11,18H,10H2,1-5H3. The molecule has 0 saturated carbocycles.